The van der Waals surface area contributed by atoms with Crippen molar-refractivity contribution in [1.29, 1.82) is 0 Å². The number of fused-ring (bicyclic) bond motifs is 2. The zero-order valence-electron chi connectivity index (χ0n) is 13.0. The van der Waals surface area contributed by atoms with Crippen LogP contribution in [-0.4, -0.2) is 24.6 Å². The molecule has 4 heterocycles. The largest absolute Gasteiger partial charge is 0.274 e. The van der Waals surface area contributed by atoms with E-state index in [-0.39, 0.29) is 0 Å². The smallest absolute Gasteiger partial charge is 0.202 e. The average Bonchev–Trinajstić information content (AvgIpc) is 3.01. The van der Waals surface area contributed by atoms with Crippen molar-refractivity contribution in [1.82, 2.24) is 24.6 Å². The van der Waals surface area contributed by atoms with E-state index in [1.54, 1.807) is 28.0 Å². The lowest BCUT2D eigenvalue weighted by Crippen LogP contribution is -1.93. The lowest BCUT2D eigenvalue weighted by Gasteiger charge is -2.04. The molecule has 24 heavy (non-hydrogen) atoms. The average molecular weight is 396 g/mol. The fourth-order valence-electron chi connectivity index (χ4n) is 2.45. The summed E-state index contributed by atoms with van der Waals surface area (Å²) in [4.78, 5) is 11.4. The second-order valence-corrected chi connectivity index (χ2v) is 8.33. The number of hydrogen-bond donors (Lipinski definition) is 0. The molecule has 4 aromatic heterocycles. The minimum atomic E-state index is 0.466. The second-order valence-electron chi connectivity index (χ2n) is 5.32. The maximum absolute atomic E-state index is 6.19. The molecule has 4 rings (SSSR count). The number of halogens is 2. The number of hydrogen-bond acceptors (Lipinski definition) is 6. The van der Waals surface area contributed by atoms with Gasteiger partial charge in [-0.2, -0.15) is 0 Å². The molecule has 9 heteroatoms. The predicted octanol–water partition coefficient (Wildman–Crippen LogP) is 5.12. The Balaban J connectivity index is 1.91. The van der Waals surface area contributed by atoms with Crippen LogP contribution in [0.15, 0.2) is 22.4 Å². The molecule has 4 aromatic rings. The van der Waals surface area contributed by atoms with Gasteiger partial charge >= 0.3 is 0 Å². The highest BCUT2D eigenvalue weighted by Crippen LogP contribution is 2.38. The van der Waals surface area contributed by atoms with Crippen LogP contribution >= 0.6 is 46.3 Å². The molecule has 5 nitrogen and oxygen atoms in total. The monoisotopic (exact) mass is 395 g/mol. The van der Waals surface area contributed by atoms with Crippen LogP contribution in [0.3, 0.4) is 0 Å². The molecule has 0 radical (unpaired) electrons. The number of pyridine rings is 1. The lowest BCUT2D eigenvalue weighted by molar-refractivity contribution is 0.914. The lowest BCUT2D eigenvalue weighted by atomic mass is 10.2. The minimum Gasteiger partial charge on any atom is -0.274 e. The van der Waals surface area contributed by atoms with Crippen LogP contribution in [0.5, 0.6) is 0 Å². The van der Waals surface area contributed by atoms with Crippen LogP contribution in [0, 0.1) is 20.8 Å². The molecule has 122 valence electrons. The molecule has 0 aliphatic heterocycles. The van der Waals surface area contributed by atoms with Crippen LogP contribution in [0.2, 0.25) is 10.0 Å². The van der Waals surface area contributed by atoms with Crippen LogP contribution in [0.1, 0.15) is 16.3 Å². The maximum Gasteiger partial charge on any atom is 0.202 e. The van der Waals surface area contributed by atoms with Gasteiger partial charge in [0, 0.05) is 16.5 Å². The third kappa shape index (κ3) is 2.56. The van der Waals surface area contributed by atoms with Crippen molar-refractivity contribution in [2.75, 3.05) is 0 Å². The molecule has 0 unspecified atom stereocenters. The molecule has 0 N–H and O–H groups in total. The normalized spacial score (nSPS) is 11.7. The van der Waals surface area contributed by atoms with E-state index < -0.39 is 0 Å². The number of nitrogens with zero attached hydrogens (tertiary/aromatic N) is 5. The molecule has 0 bridgehead atoms. The Bertz CT molecular complexity index is 1100. The summed E-state index contributed by atoms with van der Waals surface area (Å²) in [6, 6.07) is 1.65. The van der Waals surface area contributed by atoms with Gasteiger partial charge in [-0.25, -0.2) is 9.97 Å². The highest BCUT2D eigenvalue weighted by Gasteiger charge is 2.18. The van der Waals surface area contributed by atoms with Crippen molar-refractivity contribution in [2.24, 2.45) is 0 Å². The summed E-state index contributed by atoms with van der Waals surface area (Å²) in [7, 11) is 0. The molecule has 0 aromatic carbocycles. The first-order chi connectivity index (χ1) is 11.4. The minimum absolute atomic E-state index is 0.466. The van der Waals surface area contributed by atoms with Gasteiger partial charge in [0.1, 0.15) is 15.7 Å². The molecule has 0 saturated carbocycles. The molecule has 0 spiro atoms. The summed E-state index contributed by atoms with van der Waals surface area (Å²) < 4.78 is 1.78. The standard InChI is InChI=1S/C15H11Cl2N5S2/c1-6-7(2)23-13-11(6)14(19-8(3)18-13)24-15-21-20-12-10(17)4-9(16)5-22(12)15/h4-5H,1-3H3. The Morgan fingerprint density at radius 2 is 1.92 bits per heavy atom. The van der Waals surface area contributed by atoms with Crippen molar-refractivity contribution in [3.8, 4) is 0 Å². The Morgan fingerprint density at radius 3 is 2.71 bits per heavy atom. The maximum atomic E-state index is 6.19. The van der Waals surface area contributed by atoms with Gasteiger partial charge in [-0.05, 0) is 44.2 Å². The van der Waals surface area contributed by atoms with E-state index in [2.05, 4.69) is 34.0 Å². The summed E-state index contributed by atoms with van der Waals surface area (Å²) in [6.45, 7) is 6.08. The van der Waals surface area contributed by atoms with Crippen molar-refractivity contribution in [3.05, 3.63) is 38.6 Å². The first-order valence-corrected chi connectivity index (χ1v) is 9.45. The van der Waals surface area contributed by atoms with Crippen molar-refractivity contribution >= 4 is 62.2 Å². The van der Waals surface area contributed by atoms with E-state index in [0.29, 0.717) is 20.8 Å². The molecule has 0 aliphatic rings. The number of thiophene rings is 1. The highest BCUT2D eigenvalue weighted by atomic mass is 35.5. The Labute approximate surface area is 156 Å². The highest BCUT2D eigenvalue weighted by molar-refractivity contribution is 7.99. The summed E-state index contributed by atoms with van der Waals surface area (Å²) in [5, 5.41) is 12.0. The van der Waals surface area contributed by atoms with Gasteiger partial charge in [0.25, 0.3) is 0 Å². The van der Waals surface area contributed by atoms with Gasteiger partial charge in [0.15, 0.2) is 5.65 Å². The topological polar surface area (TPSA) is 56.0 Å². The Morgan fingerprint density at radius 1 is 1.12 bits per heavy atom. The van der Waals surface area contributed by atoms with E-state index >= 15 is 0 Å². The van der Waals surface area contributed by atoms with Gasteiger partial charge < -0.3 is 0 Å². The first kappa shape index (κ1) is 16.1. The van der Waals surface area contributed by atoms with E-state index in [4.69, 9.17) is 23.2 Å². The van der Waals surface area contributed by atoms with E-state index in [1.807, 2.05) is 6.92 Å². The van der Waals surface area contributed by atoms with E-state index in [0.717, 1.165) is 21.1 Å². The quantitative estimate of drug-likeness (QED) is 0.441. The SMILES string of the molecule is Cc1nc(Sc2nnc3c(Cl)cc(Cl)cn23)c2c(C)c(C)sc2n1. The third-order valence-electron chi connectivity index (χ3n) is 3.69. The van der Waals surface area contributed by atoms with Crippen molar-refractivity contribution in [2.45, 2.75) is 31.0 Å². The molecule has 0 saturated heterocycles. The Kier molecular flexibility index (Phi) is 3.91. The van der Waals surface area contributed by atoms with E-state index in [1.165, 1.54) is 22.2 Å². The summed E-state index contributed by atoms with van der Waals surface area (Å²) in [5.74, 6) is 0.733. The van der Waals surface area contributed by atoms with Crippen LogP contribution in [-0.2, 0) is 0 Å². The van der Waals surface area contributed by atoms with Crippen molar-refractivity contribution in [3.63, 3.8) is 0 Å². The fourth-order valence-corrected chi connectivity index (χ4v) is 5.12. The second kappa shape index (κ2) is 5.84. The third-order valence-corrected chi connectivity index (χ3v) is 6.23. The van der Waals surface area contributed by atoms with Gasteiger partial charge in [-0.15, -0.1) is 21.5 Å². The molecule has 0 amide bonds. The number of aryl methyl sites for hydroxylation is 3. The van der Waals surface area contributed by atoms with Gasteiger partial charge in [-0.3, -0.25) is 4.40 Å². The van der Waals surface area contributed by atoms with Crippen LogP contribution in [0.4, 0.5) is 0 Å². The van der Waals surface area contributed by atoms with Gasteiger partial charge in [0.05, 0.1) is 10.0 Å². The summed E-state index contributed by atoms with van der Waals surface area (Å²) >= 11 is 15.4. The summed E-state index contributed by atoms with van der Waals surface area (Å²) in [6.07, 6.45) is 1.75. The van der Waals surface area contributed by atoms with Crippen molar-refractivity contribution < 1.29 is 0 Å². The van der Waals surface area contributed by atoms with Crippen LogP contribution < -0.4 is 0 Å². The molecular formula is C15H11Cl2N5S2. The zero-order chi connectivity index (χ0) is 17.0. The fraction of sp³-hybridized carbons (Fsp3) is 0.200. The molecule has 0 fully saturated rings. The molecule has 0 aliphatic carbocycles. The van der Waals surface area contributed by atoms with Gasteiger partial charge in [0.2, 0.25) is 5.16 Å². The first-order valence-electron chi connectivity index (χ1n) is 7.06. The molecule has 0 atom stereocenters. The zero-order valence-corrected chi connectivity index (χ0v) is 16.1. The van der Waals surface area contributed by atoms with E-state index in [9.17, 15) is 0 Å². The predicted molar refractivity (Wildman–Crippen MR) is 98.8 cm³/mol. The molecular weight excluding hydrogens is 385 g/mol. The Hall–Kier alpha value is -1.41. The number of rotatable bonds is 2. The van der Waals surface area contributed by atoms with Gasteiger partial charge in [-0.1, -0.05) is 23.2 Å². The van der Waals surface area contributed by atoms with Crippen LogP contribution in [0.25, 0.3) is 15.9 Å². The number of aromatic nitrogens is 5. The summed E-state index contributed by atoms with van der Waals surface area (Å²) in [5.41, 5.74) is 1.77.